The van der Waals surface area contributed by atoms with Crippen LogP contribution in [0.2, 0.25) is 0 Å². The van der Waals surface area contributed by atoms with E-state index in [0.29, 0.717) is 23.0 Å². The van der Waals surface area contributed by atoms with E-state index in [1.54, 1.807) is 14.2 Å². The molecule has 172 valence electrons. The van der Waals surface area contributed by atoms with Crippen LogP contribution in [-0.4, -0.2) is 40.8 Å². The molecule has 5 rings (SSSR count). The predicted molar refractivity (Wildman–Crippen MR) is 129 cm³/mol. The number of hydrogen-bond acceptors (Lipinski definition) is 6. The molecule has 0 spiro atoms. The van der Waals surface area contributed by atoms with E-state index in [1.165, 1.54) is 11.1 Å². The highest BCUT2D eigenvalue weighted by molar-refractivity contribution is 5.96. The minimum absolute atomic E-state index is 0.0195. The molecule has 3 aromatic carbocycles. The third-order valence-corrected chi connectivity index (χ3v) is 6.21. The lowest BCUT2D eigenvalue weighted by molar-refractivity contribution is -0.117. The normalized spacial score (nSPS) is 16.7. The van der Waals surface area contributed by atoms with Gasteiger partial charge in [-0.2, -0.15) is 0 Å². The van der Waals surface area contributed by atoms with Crippen LogP contribution in [0.1, 0.15) is 23.5 Å². The maximum atomic E-state index is 12.9. The van der Waals surface area contributed by atoms with Crippen LogP contribution in [0.25, 0.3) is 22.5 Å². The van der Waals surface area contributed by atoms with Gasteiger partial charge in [0.05, 0.1) is 14.2 Å². The van der Waals surface area contributed by atoms with Crippen molar-refractivity contribution < 1.29 is 14.3 Å². The molecule has 1 aliphatic rings. The van der Waals surface area contributed by atoms with Crippen molar-refractivity contribution in [1.82, 2.24) is 20.6 Å². The zero-order valence-electron chi connectivity index (χ0n) is 19.2. The van der Waals surface area contributed by atoms with Crippen LogP contribution in [0.15, 0.2) is 60.7 Å². The van der Waals surface area contributed by atoms with Crippen molar-refractivity contribution in [3.8, 4) is 34.0 Å². The molecule has 0 radical (unpaired) electrons. The standard InChI is InChI=1S/C26H25N5O3/c1-15-4-6-16(7-5-15)20-14-22(20)26(32)27-18-9-10-19(21(13-18)25-28-30-31-29-25)17-8-11-23(33-2)24(12-17)34-3/h4-13,20,22H,14H2,1-3H3,(H,27,32)(H,28,29,30,31). The second-order valence-corrected chi connectivity index (χ2v) is 8.43. The van der Waals surface area contributed by atoms with Gasteiger partial charge in [-0.25, -0.2) is 5.10 Å². The molecule has 1 fully saturated rings. The van der Waals surface area contributed by atoms with Gasteiger partial charge in [0, 0.05) is 17.2 Å². The summed E-state index contributed by atoms with van der Waals surface area (Å²) in [7, 11) is 3.20. The van der Waals surface area contributed by atoms with Gasteiger partial charge in [0.1, 0.15) is 0 Å². The molecule has 4 aromatic rings. The number of rotatable bonds is 7. The maximum Gasteiger partial charge on any atom is 0.228 e. The molecule has 1 aromatic heterocycles. The number of aromatic nitrogens is 4. The van der Waals surface area contributed by atoms with E-state index in [4.69, 9.17) is 9.47 Å². The molecule has 2 N–H and O–H groups in total. The topological polar surface area (TPSA) is 102 Å². The van der Waals surface area contributed by atoms with Crippen LogP contribution < -0.4 is 14.8 Å². The first-order valence-electron chi connectivity index (χ1n) is 11.1. The summed E-state index contributed by atoms with van der Waals surface area (Å²) in [4.78, 5) is 12.9. The quantitative estimate of drug-likeness (QED) is 0.422. The molecule has 2 atom stereocenters. The second kappa shape index (κ2) is 8.97. The SMILES string of the molecule is COc1ccc(-c2ccc(NC(=O)C3CC3c3ccc(C)cc3)cc2-c2nnn[nH]2)cc1OC. The van der Waals surface area contributed by atoms with Crippen molar-refractivity contribution in [3.05, 3.63) is 71.8 Å². The molecular weight excluding hydrogens is 430 g/mol. The van der Waals surface area contributed by atoms with Crippen LogP contribution in [0.4, 0.5) is 5.69 Å². The van der Waals surface area contributed by atoms with Gasteiger partial charge in [0.25, 0.3) is 0 Å². The van der Waals surface area contributed by atoms with Crippen LogP contribution in [0.5, 0.6) is 11.5 Å². The van der Waals surface area contributed by atoms with Crippen molar-refractivity contribution in [2.75, 3.05) is 19.5 Å². The van der Waals surface area contributed by atoms with Gasteiger partial charge in [-0.05, 0) is 70.6 Å². The second-order valence-electron chi connectivity index (χ2n) is 8.43. The van der Waals surface area contributed by atoms with Crippen molar-refractivity contribution in [2.45, 2.75) is 19.3 Å². The lowest BCUT2D eigenvalue weighted by Crippen LogP contribution is -2.14. The summed E-state index contributed by atoms with van der Waals surface area (Å²) in [6.45, 7) is 2.06. The lowest BCUT2D eigenvalue weighted by Gasteiger charge is -2.14. The van der Waals surface area contributed by atoms with Crippen LogP contribution >= 0.6 is 0 Å². The number of H-pyrrole nitrogens is 1. The molecule has 8 heteroatoms. The summed E-state index contributed by atoms with van der Waals surface area (Å²) < 4.78 is 10.8. The number of aryl methyl sites for hydroxylation is 1. The smallest absolute Gasteiger partial charge is 0.228 e. The first-order chi connectivity index (χ1) is 16.6. The summed E-state index contributed by atoms with van der Waals surface area (Å²) in [6.07, 6.45) is 0.859. The number of aromatic amines is 1. The molecular formula is C26H25N5O3. The van der Waals surface area contributed by atoms with Gasteiger partial charge >= 0.3 is 0 Å². The molecule has 34 heavy (non-hydrogen) atoms. The predicted octanol–water partition coefficient (Wildman–Crippen LogP) is 4.60. The number of benzene rings is 3. The van der Waals surface area contributed by atoms with Crippen LogP contribution in [0, 0.1) is 12.8 Å². The summed E-state index contributed by atoms with van der Waals surface area (Å²) in [5, 5.41) is 17.4. The fraction of sp³-hybridized carbons (Fsp3) is 0.231. The summed E-state index contributed by atoms with van der Waals surface area (Å²) in [5.74, 6) is 2.03. The fourth-order valence-corrected chi connectivity index (χ4v) is 4.25. The van der Waals surface area contributed by atoms with Gasteiger partial charge in [-0.3, -0.25) is 4.79 Å². The Balaban J connectivity index is 1.41. The van der Waals surface area contributed by atoms with E-state index in [-0.39, 0.29) is 17.7 Å². The van der Waals surface area contributed by atoms with E-state index in [1.807, 2.05) is 36.4 Å². The Morgan fingerprint density at radius 2 is 1.76 bits per heavy atom. The lowest BCUT2D eigenvalue weighted by atomic mass is 9.98. The molecule has 0 saturated heterocycles. The van der Waals surface area contributed by atoms with E-state index in [2.05, 4.69) is 57.1 Å². The highest BCUT2D eigenvalue weighted by Crippen LogP contribution is 2.48. The minimum Gasteiger partial charge on any atom is -0.493 e. The number of hydrogen-bond donors (Lipinski definition) is 2. The molecule has 1 amide bonds. The molecule has 0 bridgehead atoms. The van der Waals surface area contributed by atoms with Gasteiger partial charge in [-0.15, -0.1) is 5.10 Å². The highest BCUT2D eigenvalue weighted by Gasteiger charge is 2.43. The Bertz CT molecular complexity index is 1320. The average Bonchev–Trinajstić information content (AvgIpc) is 3.48. The Morgan fingerprint density at radius 1 is 0.971 bits per heavy atom. The van der Waals surface area contributed by atoms with Gasteiger partial charge in [0.2, 0.25) is 5.91 Å². The Labute approximate surface area is 197 Å². The van der Waals surface area contributed by atoms with E-state index < -0.39 is 0 Å². The first-order valence-corrected chi connectivity index (χ1v) is 11.1. The fourth-order valence-electron chi connectivity index (χ4n) is 4.25. The van der Waals surface area contributed by atoms with Crippen molar-refractivity contribution >= 4 is 11.6 Å². The van der Waals surface area contributed by atoms with Crippen LogP contribution in [0.3, 0.4) is 0 Å². The number of carbonyl (C=O) groups excluding carboxylic acids is 1. The molecule has 2 unspecified atom stereocenters. The van der Waals surface area contributed by atoms with Crippen molar-refractivity contribution in [2.24, 2.45) is 5.92 Å². The van der Waals surface area contributed by atoms with Crippen molar-refractivity contribution in [3.63, 3.8) is 0 Å². The third-order valence-electron chi connectivity index (χ3n) is 6.21. The average molecular weight is 456 g/mol. The molecule has 8 nitrogen and oxygen atoms in total. The highest BCUT2D eigenvalue weighted by atomic mass is 16.5. The number of methoxy groups -OCH3 is 2. The zero-order chi connectivity index (χ0) is 23.7. The zero-order valence-corrected chi connectivity index (χ0v) is 19.2. The number of amides is 1. The number of nitrogens with one attached hydrogen (secondary N) is 2. The summed E-state index contributed by atoms with van der Waals surface area (Å²) in [6, 6.07) is 19.8. The Morgan fingerprint density at radius 3 is 2.47 bits per heavy atom. The molecule has 0 aliphatic heterocycles. The first kappa shape index (κ1) is 21.6. The summed E-state index contributed by atoms with van der Waals surface area (Å²) in [5.41, 5.74) is 5.68. The maximum absolute atomic E-state index is 12.9. The molecule has 1 heterocycles. The van der Waals surface area contributed by atoms with E-state index in [0.717, 1.165) is 23.1 Å². The Kier molecular flexibility index (Phi) is 5.71. The number of ether oxygens (including phenoxy) is 2. The summed E-state index contributed by atoms with van der Waals surface area (Å²) >= 11 is 0. The minimum atomic E-state index is -0.0244. The van der Waals surface area contributed by atoms with Gasteiger partial charge in [-0.1, -0.05) is 42.0 Å². The van der Waals surface area contributed by atoms with Gasteiger partial charge in [0.15, 0.2) is 17.3 Å². The van der Waals surface area contributed by atoms with E-state index in [9.17, 15) is 4.79 Å². The Hall–Kier alpha value is -4.20. The number of nitrogens with zero attached hydrogens (tertiary/aromatic N) is 3. The van der Waals surface area contributed by atoms with Gasteiger partial charge < -0.3 is 14.8 Å². The van der Waals surface area contributed by atoms with Crippen molar-refractivity contribution in [1.29, 1.82) is 0 Å². The van der Waals surface area contributed by atoms with Crippen LogP contribution in [-0.2, 0) is 4.79 Å². The number of tetrazole rings is 1. The molecule has 1 aliphatic carbocycles. The number of anilines is 1. The number of carbonyl (C=O) groups is 1. The third kappa shape index (κ3) is 4.22. The monoisotopic (exact) mass is 455 g/mol. The largest absolute Gasteiger partial charge is 0.493 e. The molecule has 1 saturated carbocycles. The van der Waals surface area contributed by atoms with E-state index >= 15 is 0 Å².